The van der Waals surface area contributed by atoms with Crippen LogP contribution in [0.15, 0.2) is 22.7 Å². The molecule has 120 valence electrons. The predicted octanol–water partition coefficient (Wildman–Crippen LogP) is 5.05. The Morgan fingerprint density at radius 1 is 1.29 bits per heavy atom. The van der Waals surface area contributed by atoms with Crippen molar-refractivity contribution in [3.63, 3.8) is 0 Å². The van der Waals surface area contributed by atoms with Gasteiger partial charge in [-0.2, -0.15) is 0 Å². The van der Waals surface area contributed by atoms with Gasteiger partial charge in [0.1, 0.15) is 5.75 Å². The normalized spacial score (nSPS) is 14.8. The van der Waals surface area contributed by atoms with E-state index in [4.69, 9.17) is 4.74 Å². The zero-order chi connectivity index (χ0) is 16.0. The second-order valence-corrected chi connectivity index (χ2v) is 8.12. The van der Waals surface area contributed by atoms with Gasteiger partial charge in [-0.25, -0.2) is 0 Å². The van der Waals surface area contributed by atoms with Gasteiger partial charge in [-0.15, -0.1) is 0 Å². The van der Waals surface area contributed by atoms with E-state index in [0.29, 0.717) is 11.5 Å². The van der Waals surface area contributed by atoms with E-state index in [1.165, 1.54) is 18.4 Å². The quantitative estimate of drug-likeness (QED) is 0.738. The summed E-state index contributed by atoms with van der Waals surface area (Å²) in [4.78, 5) is 0. The van der Waals surface area contributed by atoms with Gasteiger partial charge in [0.15, 0.2) is 0 Å². The molecular formula is C18H30BrNO. The van der Waals surface area contributed by atoms with Gasteiger partial charge in [-0.05, 0) is 71.3 Å². The molecule has 1 rings (SSSR count). The number of likely N-dealkylation sites (N-methyl/N-ethyl adjacent to an activating group) is 1. The van der Waals surface area contributed by atoms with Crippen molar-refractivity contribution in [1.29, 1.82) is 0 Å². The minimum Gasteiger partial charge on any atom is -0.496 e. The Kier molecular flexibility index (Phi) is 7.22. The van der Waals surface area contributed by atoms with Gasteiger partial charge in [-0.1, -0.05) is 33.8 Å². The lowest BCUT2D eigenvalue weighted by Crippen LogP contribution is -2.30. The Hall–Kier alpha value is -0.540. The lowest BCUT2D eigenvalue weighted by Gasteiger charge is -2.26. The van der Waals surface area contributed by atoms with Crippen molar-refractivity contribution < 1.29 is 4.74 Å². The summed E-state index contributed by atoms with van der Waals surface area (Å²) in [6.07, 6.45) is 3.52. The molecule has 2 nitrogen and oxygen atoms in total. The van der Waals surface area contributed by atoms with E-state index in [9.17, 15) is 0 Å². The number of nitrogens with one attached hydrogen (secondary N) is 1. The zero-order valence-electron chi connectivity index (χ0n) is 14.3. The largest absolute Gasteiger partial charge is 0.496 e. The average Bonchev–Trinajstić information content (AvgIpc) is 2.36. The highest BCUT2D eigenvalue weighted by Gasteiger charge is 2.19. The summed E-state index contributed by atoms with van der Waals surface area (Å²) in [5.41, 5.74) is 1.74. The van der Waals surface area contributed by atoms with Crippen molar-refractivity contribution >= 4 is 15.9 Å². The molecule has 0 aliphatic rings. The summed E-state index contributed by atoms with van der Waals surface area (Å²) in [5, 5.41) is 3.47. The molecule has 3 heteroatoms. The van der Waals surface area contributed by atoms with Crippen LogP contribution in [0.2, 0.25) is 0 Å². The third-order valence-electron chi connectivity index (χ3n) is 3.75. The third-order valence-corrected chi connectivity index (χ3v) is 4.37. The molecule has 1 aromatic carbocycles. The molecule has 0 saturated heterocycles. The van der Waals surface area contributed by atoms with E-state index in [-0.39, 0.29) is 0 Å². The number of halogens is 1. The van der Waals surface area contributed by atoms with E-state index in [2.05, 4.69) is 68.1 Å². The number of hydrogen-bond acceptors (Lipinski definition) is 2. The lowest BCUT2D eigenvalue weighted by atomic mass is 9.82. The van der Waals surface area contributed by atoms with E-state index < -0.39 is 0 Å². The van der Waals surface area contributed by atoms with Crippen LogP contribution < -0.4 is 10.1 Å². The summed E-state index contributed by atoms with van der Waals surface area (Å²) < 4.78 is 6.32. The first-order valence-electron chi connectivity index (χ1n) is 7.75. The maximum absolute atomic E-state index is 5.29. The van der Waals surface area contributed by atoms with Crippen molar-refractivity contribution in [2.24, 2.45) is 11.3 Å². The molecule has 1 aromatic rings. The van der Waals surface area contributed by atoms with Crippen LogP contribution in [0.1, 0.15) is 46.1 Å². The topological polar surface area (TPSA) is 21.3 Å². The second-order valence-electron chi connectivity index (χ2n) is 7.26. The highest BCUT2D eigenvalue weighted by molar-refractivity contribution is 9.10. The highest BCUT2D eigenvalue weighted by atomic mass is 79.9. The SMILES string of the molecule is CNC(Cc1ccc(OC)c(Br)c1)CC(C)CC(C)(C)C. The van der Waals surface area contributed by atoms with Crippen molar-refractivity contribution in [2.45, 2.75) is 53.0 Å². The van der Waals surface area contributed by atoms with Crippen LogP contribution in [0.5, 0.6) is 5.75 Å². The first kappa shape index (κ1) is 18.5. The molecule has 0 aromatic heterocycles. The Balaban J connectivity index is 2.63. The van der Waals surface area contributed by atoms with Gasteiger partial charge < -0.3 is 10.1 Å². The Bertz CT molecular complexity index is 439. The molecule has 0 aliphatic carbocycles. The Morgan fingerprint density at radius 3 is 2.43 bits per heavy atom. The van der Waals surface area contributed by atoms with Crippen LogP contribution in [0, 0.1) is 11.3 Å². The van der Waals surface area contributed by atoms with Gasteiger partial charge in [0.2, 0.25) is 0 Å². The molecule has 0 heterocycles. The molecule has 0 amide bonds. The van der Waals surface area contributed by atoms with E-state index in [1.807, 2.05) is 6.07 Å². The maximum atomic E-state index is 5.29. The fourth-order valence-corrected chi connectivity index (χ4v) is 3.63. The molecule has 0 bridgehead atoms. The highest BCUT2D eigenvalue weighted by Crippen LogP contribution is 2.29. The molecule has 0 spiro atoms. The molecule has 2 unspecified atom stereocenters. The first-order chi connectivity index (χ1) is 9.75. The van der Waals surface area contributed by atoms with E-state index >= 15 is 0 Å². The van der Waals surface area contributed by atoms with E-state index in [0.717, 1.165) is 22.6 Å². The van der Waals surface area contributed by atoms with Crippen molar-refractivity contribution in [2.75, 3.05) is 14.2 Å². The molecule has 0 fully saturated rings. The summed E-state index contributed by atoms with van der Waals surface area (Å²) >= 11 is 3.56. The molecule has 0 aliphatic heterocycles. The molecule has 21 heavy (non-hydrogen) atoms. The van der Waals surface area contributed by atoms with E-state index in [1.54, 1.807) is 7.11 Å². The smallest absolute Gasteiger partial charge is 0.133 e. The summed E-state index contributed by atoms with van der Waals surface area (Å²) in [6, 6.07) is 6.87. The fourth-order valence-electron chi connectivity index (χ4n) is 3.04. The van der Waals surface area contributed by atoms with Crippen LogP contribution in [-0.4, -0.2) is 20.2 Å². The number of rotatable bonds is 7. The standard InChI is InChI=1S/C18H30BrNO/c1-13(12-18(2,3)4)9-15(20-5)10-14-7-8-17(21-6)16(19)11-14/h7-8,11,13,15,20H,9-10,12H2,1-6H3. The Morgan fingerprint density at radius 2 is 1.95 bits per heavy atom. The van der Waals surface area contributed by atoms with Gasteiger partial charge in [0.25, 0.3) is 0 Å². The van der Waals surface area contributed by atoms with Crippen LogP contribution in [-0.2, 0) is 6.42 Å². The predicted molar refractivity (Wildman–Crippen MR) is 95.1 cm³/mol. The average molecular weight is 356 g/mol. The van der Waals surface area contributed by atoms with Crippen molar-refractivity contribution in [3.8, 4) is 5.75 Å². The molecule has 0 saturated carbocycles. The maximum Gasteiger partial charge on any atom is 0.133 e. The monoisotopic (exact) mass is 355 g/mol. The Labute approximate surface area is 138 Å². The van der Waals surface area contributed by atoms with Crippen LogP contribution in [0.3, 0.4) is 0 Å². The van der Waals surface area contributed by atoms with Crippen LogP contribution in [0.25, 0.3) is 0 Å². The third kappa shape index (κ3) is 6.84. The molecule has 2 atom stereocenters. The molecule has 0 radical (unpaired) electrons. The first-order valence-corrected chi connectivity index (χ1v) is 8.54. The van der Waals surface area contributed by atoms with Gasteiger partial charge in [0.05, 0.1) is 11.6 Å². The zero-order valence-corrected chi connectivity index (χ0v) is 15.9. The lowest BCUT2D eigenvalue weighted by molar-refractivity contribution is 0.277. The van der Waals surface area contributed by atoms with Gasteiger partial charge in [-0.3, -0.25) is 0 Å². The van der Waals surface area contributed by atoms with Gasteiger partial charge in [0, 0.05) is 6.04 Å². The van der Waals surface area contributed by atoms with Crippen molar-refractivity contribution in [3.05, 3.63) is 28.2 Å². The number of ether oxygens (including phenoxy) is 1. The van der Waals surface area contributed by atoms with Gasteiger partial charge >= 0.3 is 0 Å². The minimum atomic E-state index is 0.404. The summed E-state index contributed by atoms with van der Waals surface area (Å²) in [5.74, 6) is 1.62. The van der Waals surface area contributed by atoms with Crippen LogP contribution in [0.4, 0.5) is 0 Å². The number of hydrogen-bond donors (Lipinski definition) is 1. The minimum absolute atomic E-state index is 0.404. The second kappa shape index (κ2) is 8.19. The molecule has 1 N–H and O–H groups in total. The van der Waals surface area contributed by atoms with Crippen LogP contribution >= 0.6 is 15.9 Å². The summed E-state index contributed by atoms with van der Waals surface area (Å²) in [6.45, 7) is 9.31. The summed E-state index contributed by atoms with van der Waals surface area (Å²) in [7, 11) is 3.76. The molecular weight excluding hydrogens is 326 g/mol. The fraction of sp³-hybridized carbons (Fsp3) is 0.667. The number of benzene rings is 1. The number of methoxy groups -OCH3 is 1. The van der Waals surface area contributed by atoms with Crippen molar-refractivity contribution in [1.82, 2.24) is 5.32 Å².